The summed E-state index contributed by atoms with van der Waals surface area (Å²) < 4.78 is 5.72. The molecule has 0 aromatic rings. The van der Waals surface area contributed by atoms with Gasteiger partial charge in [0.15, 0.2) is 5.96 Å². The fraction of sp³-hybridized carbons (Fsp3) is 0.917. The van der Waals surface area contributed by atoms with Gasteiger partial charge >= 0.3 is 0 Å². The van der Waals surface area contributed by atoms with Crippen LogP contribution in [0.5, 0.6) is 0 Å². The Labute approximate surface area is 122 Å². The van der Waals surface area contributed by atoms with Gasteiger partial charge in [0, 0.05) is 26.7 Å². The van der Waals surface area contributed by atoms with E-state index in [1.165, 1.54) is 0 Å². The number of guanidine groups is 1. The summed E-state index contributed by atoms with van der Waals surface area (Å²) in [5.41, 5.74) is -0.0184. The van der Waals surface area contributed by atoms with Crippen LogP contribution in [0.4, 0.5) is 0 Å². The Morgan fingerprint density at radius 3 is 2.59 bits per heavy atom. The van der Waals surface area contributed by atoms with Crippen molar-refractivity contribution in [1.29, 1.82) is 0 Å². The number of ether oxygens (including phenoxy) is 1. The fourth-order valence-electron chi connectivity index (χ4n) is 1.77. The molecule has 0 bridgehead atoms. The zero-order chi connectivity index (χ0) is 12.0. The Balaban J connectivity index is 0.00000256. The molecule has 1 aliphatic heterocycles. The first-order valence-corrected chi connectivity index (χ1v) is 6.14. The highest BCUT2D eigenvalue weighted by atomic mass is 127. The van der Waals surface area contributed by atoms with Crippen LogP contribution in [0.15, 0.2) is 4.99 Å². The minimum Gasteiger partial charge on any atom is -0.373 e. The third-order valence-electron chi connectivity index (χ3n) is 2.83. The van der Waals surface area contributed by atoms with E-state index in [-0.39, 0.29) is 29.6 Å². The van der Waals surface area contributed by atoms with Crippen molar-refractivity contribution in [3.8, 4) is 0 Å². The summed E-state index contributed by atoms with van der Waals surface area (Å²) in [7, 11) is 1.80. The van der Waals surface area contributed by atoms with Gasteiger partial charge in [-0.15, -0.1) is 24.0 Å². The van der Waals surface area contributed by atoms with Crippen LogP contribution in [-0.4, -0.2) is 38.3 Å². The summed E-state index contributed by atoms with van der Waals surface area (Å²) in [6.07, 6.45) is 2.29. The van der Waals surface area contributed by atoms with Crippen molar-refractivity contribution in [3.63, 3.8) is 0 Å². The van der Waals surface area contributed by atoms with Crippen LogP contribution in [-0.2, 0) is 4.74 Å². The van der Waals surface area contributed by atoms with Crippen molar-refractivity contribution in [2.24, 2.45) is 10.9 Å². The Morgan fingerprint density at radius 2 is 2.12 bits per heavy atom. The predicted molar refractivity (Wildman–Crippen MR) is 83.2 cm³/mol. The second-order valence-corrected chi connectivity index (χ2v) is 5.10. The number of nitrogens with zero attached hydrogens (tertiary/aromatic N) is 1. The molecule has 0 aromatic carbocycles. The predicted octanol–water partition coefficient (Wildman–Crippen LogP) is 1.99. The first-order valence-electron chi connectivity index (χ1n) is 6.14. The van der Waals surface area contributed by atoms with Crippen LogP contribution in [0, 0.1) is 5.92 Å². The molecular formula is C12H26IN3O. The molecule has 102 valence electrons. The topological polar surface area (TPSA) is 45.7 Å². The quantitative estimate of drug-likeness (QED) is 0.461. The average Bonchev–Trinajstić information content (AvgIpc) is 2.65. The van der Waals surface area contributed by atoms with E-state index in [4.69, 9.17) is 4.74 Å². The lowest BCUT2D eigenvalue weighted by Crippen LogP contribution is -2.46. The maximum Gasteiger partial charge on any atom is 0.191 e. The van der Waals surface area contributed by atoms with Crippen LogP contribution >= 0.6 is 24.0 Å². The molecule has 1 rings (SSSR count). The zero-order valence-electron chi connectivity index (χ0n) is 11.4. The number of aliphatic imine (C=N–C) groups is 1. The number of halogens is 1. The molecule has 1 aliphatic rings. The van der Waals surface area contributed by atoms with Crippen LogP contribution in [0.25, 0.3) is 0 Å². The van der Waals surface area contributed by atoms with Crippen LogP contribution in [0.2, 0.25) is 0 Å². The van der Waals surface area contributed by atoms with Gasteiger partial charge in [0.1, 0.15) is 0 Å². The van der Waals surface area contributed by atoms with E-state index in [0.29, 0.717) is 5.92 Å². The molecule has 0 spiro atoms. The largest absolute Gasteiger partial charge is 0.373 e. The van der Waals surface area contributed by atoms with Gasteiger partial charge in [-0.2, -0.15) is 0 Å². The summed E-state index contributed by atoms with van der Waals surface area (Å²) >= 11 is 0. The van der Waals surface area contributed by atoms with Gasteiger partial charge < -0.3 is 15.4 Å². The van der Waals surface area contributed by atoms with Gasteiger partial charge in [0.05, 0.1) is 5.60 Å². The number of hydrogen-bond acceptors (Lipinski definition) is 2. The molecule has 5 heteroatoms. The molecule has 1 unspecified atom stereocenters. The van der Waals surface area contributed by atoms with E-state index in [0.717, 1.165) is 38.5 Å². The lowest BCUT2D eigenvalue weighted by molar-refractivity contribution is 0.0243. The Morgan fingerprint density at radius 1 is 1.41 bits per heavy atom. The second-order valence-electron chi connectivity index (χ2n) is 5.10. The van der Waals surface area contributed by atoms with E-state index in [1.54, 1.807) is 7.05 Å². The lowest BCUT2D eigenvalue weighted by Gasteiger charge is -2.24. The van der Waals surface area contributed by atoms with E-state index in [1.807, 2.05) is 0 Å². The van der Waals surface area contributed by atoms with E-state index >= 15 is 0 Å². The SMILES string of the molecule is CN=C(NCC(C)C)NCC1(C)CCCO1.I. The molecule has 0 saturated carbocycles. The van der Waals surface area contributed by atoms with Gasteiger partial charge in [-0.25, -0.2) is 0 Å². The molecule has 0 aromatic heterocycles. The van der Waals surface area contributed by atoms with Crippen molar-refractivity contribution in [2.45, 2.75) is 39.2 Å². The molecule has 0 amide bonds. The number of rotatable bonds is 4. The van der Waals surface area contributed by atoms with Gasteiger partial charge in [0.2, 0.25) is 0 Å². The average molecular weight is 355 g/mol. The highest BCUT2D eigenvalue weighted by Gasteiger charge is 2.29. The fourth-order valence-corrected chi connectivity index (χ4v) is 1.77. The third kappa shape index (κ3) is 6.45. The molecule has 4 nitrogen and oxygen atoms in total. The van der Waals surface area contributed by atoms with Crippen molar-refractivity contribution >= 4 is 29.9 Å². The highest BCUT2D eigenvalue weighted by Crippen LogP contribution is 2.23. The van der Waals surface area contributed by atoms with Crippen molar-refractivity contribution in [3.05, 3.63) is 0 Å². The zero-order valence-corrected chi connectivity index (χ0v) is 13.7. The van der Waals surface area contributed by atoms with Crippen molar-refractivity contribution in [1.82, 2.24) is 10.6 Å². The molecule has 1 atom stereocenters. The third-order valence-corrected chi connectivity index (χ3v) is 2.83. The number of nitrogens with one attached hydrogen (secondary N) is 2. The molecule has 0 aliphatic carbocycles. The van der Waals surface area contributed by atoms with Crippen LogP contribution in [0.1, 0.15) is 33.6 Å². The van der Waals surface area contributed by atoms with Gasteiger partial charge in [-0.3, -0.25) is 4.99 Å². The molecule has 17 heavy (non-hydrogen) atoms. The molecule has 0 radical (unpaired) electrons. The van der Waals surface area contributed by atoms with Crippen LogP contribution < -0.4 is 10.6 Å². The van der Waals surface area contributed by atoms with Gasteiger partial charge in [-0.05, 0) is 25.7 Å². The molecule has 2 N–H and O–H groups in total. The first kappa shape index (κ1) is 17.0. The molecule has 1 saturated heterocycles. The molecule has 1 fully saturated rings. The standard InChI is InChI=1S/C12H25N3O.HI/c1-10(2)8-14-11(13-4)15-9-12(3)6-5-7-16-12;/h10H,5-9H2,1-4H3,(H2,13,14,15);1H. The van der Waals surface area contributed by atoms with E-state index in [2.05, 4.69) is 36.4 Å². The second kappa shape index (κ2) is 8.13. The smallest absolute Gasteiger partial charge is 0.191 e. The van der Waals surface area contributed by atoms with E-state index < -0.39 is 0 Å². The van der Waals surface area contributed by atoms with Crippen molar-refractivity contribution in [2.75, 3.05) is 26.7 Å². The Kier molecular flexibility index (Phi) is 8.11. The maximum absolute atomic E-state index is 5.72. The summed E-state index contributed by atoms with van der Waals surface area (Å²) in [5, 5.41) is 6.61. The molecule has 1 heterocycles. The van der Waals surface area contributed by atoms with Crippen LogP contribution in [0.3, 0.4) is 0 Å². The number of hydrogen-bond donors (Lipinski definition) is 2. The first-order chi connectivity index (χ1) is 7.56. The Hall–Kier alpha value is -0.0400. The van der Waals surface area contributed by atoms with Crippen molar-refractivity contribution < 1.29 is 4.74 Å². The van der Waals surface area contributed by atoms with E-state index in [9.17, 15) is 0 Å². The van der Waals surface area contributed by atoms with Gasteiger partial charge in [0.25, 0.3) is 0 Å². The van der Waals surface area contributed by atoms with Gasteiger partial charge in [-0.1, -0.05) is 13.8 Å². The summed E-state index contributed by atoms with van der Waals surface area (Å²) in [4.78, 5) is 4.19. The summed E-state index contributed by atoms with van der Waals surface area (Å²) in [5.74, 6) is 1.49. The highest BCUT2D eigenvalue weighted by molar-refractivity contribution is 14.0. The Bertz CT molecular complexity index is 238. The summed E-state index contributed by atoms with van der Waals surface area (Å²) in [6, 6.07) is 0. The minimum atomic E-state index is -0.0184. The monoisotopic (exact) mass is 355 g/mol. The molecular weight excluding hydrogens is 329 g/mol. The minimum absolute atomic E-state index is 0. The maximum atomic E-state index is 5.72. The normalized spacial score (nSPS) is 24.6. The lowest BCUT2D eigenvalue weighted by atomic mass is 10.0. The summed E-state index contributed by atoms with van der Waals surface area (Å²) in [6.45, 7) is 9.17.